The van der Waals surface area contributed by atoms with Crippen LogP contribution in [0.15, 0.2) is 40.9 Å². The third kappa shape index (κ3) is 3.33. The summed E-state index contributed by atoms with van der Waals surface area (Å²) in [7, 11) is 0. The maximum absolute atomic E-state index is 12.0. The van der Waals surface area contributed by atoms with Gasteiger partial charge in [-0.1, -0.05) is 15.9 Å². The summed E-state index contributed by atoms with van der Waals surface area (Å²) < 4.78 is 11.9. The van der Waals surface area contributed by atoms with Crippen LogP contribution in [0.4, 0.5) is 16.2 Å². The van der Waals surface area contributed by atoms with E-state index < -0.39 is 0 Å². The van der Waals surface area contributed by atoms with Crippen molar-refractivity contribution in [2.75, 3.05) is 23.8 Å². The molecular formula is C16H15BrN2O3. The quantitative estimate of drug-likeness (QED) is 0.842. The second-order valence-electron chi connectivity index (χ2n) is 4.90. The summed E-state index contributed by atoms with van der Waals surface area (Å²) in [5.74, 6) is 1.34. The van der Waals surface area contributed by atoms with Gasteiger partial charge in [-0.25, -0.2) is 4.79 Å². The van der Waals surface area contributed by atoms with Gasteiger partial charge in [0.2, 0.25) is 0 Å². The van der Waals surface area contributed by atoms with Crippen LogP contribution >= 0.6 is 15.9 Å². The highest BCUT2D eigenvalue weighted by Crippen LogP contribution is 2.32. The Balaban J connectivity index is 1.67. The highest BCUT2D eigenvalue weighted by molar-refractivity contribution is 9.10. The van der Waals surface area contributed by atoms with Gasteiger partial charge in [0, 0.05) is 21.9 Å². The second-order valence-corrected chi connectivity index (χ2v) is 5.76. The molecule has 114 valence electrons. The summed E-state index contributed by atoms with van der Waals surface area (Å²) >= 11 is 3.43. The third-order valence-electron chi connectivity index (χ3n) is 3.22. The number of aryl methyl sites for hydroxylation is 1. The van der Waals surface area contributed by atoms with E-state index in [0.717, 1.165) is 15.7 Å². The van der Waals surface area contributed by atoms with E-state index in [0.29, 0.717) is 30.4 Å². The Labute approximate surface area is 136 Å². The number of hydrogen-bond acceptors (Lipinski definition) is 3. The fraction of sp³-hybridized carbons (Fsp3) is 0.188. The molecule has 1 heterocycles. The van der Waals surface area contributed by atoms with Crippen molar-refractivity contribution in [2.45, 2.75) is 6.92 Å². The van der Waals surface area contributed by atoms with Gasteiger partial charge in [0.25, 0.3) is 0 Å². The molecule has 3 rings (SSSR count). The minimum Gasteiger partial charge on any atom is -0.486 e. The molecule has 2 aromatic carbocycles. The molecule has 5 nitrogen and oxygen atoms in total. The van der Waals surface area contributed by atoms with Crippen molar-refractivity contribution in [1.29, 1.82) is 0 Å². The van der Waals surface area contributed by atoms with Crippen molar-refractivity contribution in [3.8, 4) is 11.5 Å². The monoisotopic (exact) mass is 362 g/mol. The Bertz CT molecular complexity index is 719. The number of ether oxygens (including phenoxy) is 2. The average molecular weight is 363 g/mol. The summed E-state index contributed by atoms with van der Waals surface area (Å²) in [5, 5.41) is 5.57. The number of rotatable bonds is 2. The molecule has 22 heavy (non-hydrogen) atoms. The fourth-order valence-electron chi connectivity index (χ4n) is 2.14. The number of fused-ring (bicyclic) bond motifs is 1. The van der Waals surface area contributed by atoms with E-state index >= 15 is 0 Å². The van der Waals surface area contributed by atoms with Crippen LogP contribution in [0.1, 0.15) is 5.56 Å². The largest absolute Gasteiger partial charge is 0.486 e. The van der Waals surface area contributed by atoms with Crippen LogP contribution < -0.4 is 20.1 Å². The van der Waals surface area contributed by atoms with Gasteiger partial charge in [-0.3, -0.25) is 0 Å². The number of nitrogens with one attached hydrogen (secondary N) is 2. The van der Waals surface area contributed by atoms with Gasteiger partial charge in [-0.2, -0.15) is 0 Å². The van der Waals surface area contributed by atoms with Crippen molar-refractivity contribution < 1.29 is 14.3 Å². The summed E-state index contributed by atoms with van der Waals surface area (Å²) in [5.41, 5.74) is 2.43. The van der Waals surface area contributed by atoms with Crippen molar-refractivity contribution >= 4 is 33.3 Å². The zero-order chi connectivity index (χ0) is 15.5. The van der Waals surface area contributed by atoms with Gasteiger partial charge in [0.1, 0.15) is 13.2 Å². The number of halogens is 1. The molecule has 0 spiro atoms. The van der Waals surface area contributed by atoms with Crippen LogP contribution in [0.3, 0.4) is 0 Å². The number of carbonyl (C=O) groups is 1. The number of carbonyl (C=O) groups excluding carboxylic acids is 1. The Kier molecular flexibility index (Phi) is 4.20. The first-order chi connectivity index (χ1) is 10.6. The van der Waals surface area contributed by atoms with E-state index in [1.54, 1.807) is 18.2 Å². The number of amides is 2. The molecule has 1 aliphatic heterocycles. The van der Waals surface area contributed by atoms with E-state index in [-0.39, 0.29) is 6.03 Å². The summed E-state index contributed by atoms with van der Waals surface area (Å²) in [6.45, 7) is 3.03. The molecule has 2 aromatic rings. The summed E-state index contributed by atoms with van der Waals surface area (Å²) in [6, 6.07) is 10.6. The van der Waals surface area contributed by atoms with Crippen molar-refractivity contribution in [3.05, 3.63) is 46.4 Å². The lowest BCUT2D eigenvalue weighted by atomic mass is 10.2. The van der Waals surface area contributed by atoms with Gasteiger partial charge in [-0.15, -0.1) is 0 Å². The molecule has 0 aromatic heterocycles. The normalized spacial score (nSPS) is 12.6. The molecule has 0 unspecified atom stereocenters. The zero-order valence-corrected chi connectivity index (χ0v) is 13.6. The lowest BCUT2D eigenvalue weighted by Gasteiger charge is -2.19. The minimum atomic E-state index is -0.307. The number of anilines is 2. The van der Waals surface area contributed by atoms with Crippen LogP contribution in [-0.2, 0) is 0 Å². The minimum absolute atomic E-state index is 0.307. The molecule has 2 N–H and O–H groups in total. The fourth-order valence-corrected chi connectivity index (χ4v) is 2.38. The smallest absolute Gasteiger partial charge is 0.323 e. The molecule has 0 atom stereocenters. The molecular weight excluding hydrogens is 348 g/mol. The summed E-state index contributed by atoms with van der Waals surface area (Å²) in [6.07, 6.45) is 0. The lowest BCUT2D eigenvalue weighted by molar-refractivity contribution is 0.171. The topological polar surface area (TPSA) is 59.6 Å². The lowest BCUT2D eigenvalue weighted by Crippen LogP contribution is -2.20. The van der Waals surface area contributed by atoms with Gasteiger partial charge in [-0.05, 0) is 42.8 Å². The average Bonchev–Trinajstić information content (AvgIpc) is 2.51. The maximum Gasteiger partial charge on any atom is 0.323 e. The Morgan fingerprint density at radius 3 is 2.36 bits per heavy atom. The highest BCUT2D eigenvalue weighted by atomic mass is 79.9. The molecule has 1 aliphatic rings. The Morgan fingerprint density at radius 2 is 1.64 bits per heavy atom. The van der Waals surface area contributed by atoms with E-state index in [4.69, 9.17) is 9.47 Å². The molecule has 0 saturated carbocycles. The molecule has 6 heteroatoms. The van der Waals surface area contributed by atoms with Crippen LogP contribution in [0.5, 0.6) is 11.5 Å². The predicted molar refractivity (Wildman–Crippen MR) is 89.0 cm³/mol. The molecule has 0 saturated heterocycles. The first-order valence-electron chi connectivity index (χ1n) is 6.85. The van der Waals surface area contributed by atoms with E-state index in [2.05, 4.69) is 26.6 Å². The molecule has 2 amide bonds. The molecule has 0 bridgehead atoms. The van der Waals surface area contributed by atoms with Gasteiger partial charge < -0.3 is 20.1 Å². The van der Waals surface area contributed by atoms with Crippen LogP contribution in [-0.4, -0.2) is 19.2 Å². The van der Waals surface area contributed by atoms with Gasteiger partial charge >= 0.3 is 6.03 Å². The van der Waals surface area contributed by atoms with Crippen molar-refractivity contribution in [3.63, 3.8) is 0 Å². The maximum atomic E-state index is 12.0. The van der Waals surface area contributed by atoms with E-state index in [1.807, 2.05) is 25.1 Å². The number of benzene rings is 2. The van der Waals surface area contributed by atoms with Crippen LogP contribution in [0.2, 0.25) is 0 Å². The Morgan fingerprint density at radius 1 is 1.00 bits per heavy atom. The first-order valence-corrected chi connectivity index (χ1v) is 7.65. The molecule has 0 aliphatic carbocycles. The molecule has 0 radical (unpaired) electrons. The Hall–Kier alpha value is -2.21. The number of urea groups is 1. The highest BCUT2D eigenvalue weighted by Gasteiger charge is 2.12. The van der Waals surface area contributed by atoms with E-state index in [1.165, 1.54) is 0 Å². The van der Waals surface area contributed by atoms with Gasteiger partial charge in [0.15, 0.2) is 11.5 Å². The van der Waals surface area contributed by atoms with Gasteiger partial charge in [0.05, 0.1) is 0 Å². The molecule has 0 fully saturated rings. The zero-order valence-electron chi connectivity index (χ0n) is 12.0. The predicted octanol–water partition coefficient (Wildman–Crippen LogP) is 4.17. The second kappa shape index (κ2) is 6.27. The van der Waals surface area contributed by atoms with Crippen LogP contribution in [0.25, 0.3) is 0 Å². The third-order valence-corrected chi connectivity index (χ3v) is 4.11. The SMILES string of the molecule is Cc1cc(NC(=O)Nc2ccc3c(c2)OCCO3)ccc1Br. The number of hydrogen-bond donors (Lipinski definition) is 2. The van der Waals surface area contributed by atoms with Crippen molar-refractivity contribution in [1.82, 2.24) is 0 Å². The first kappa shape index (κ1) is 14.7. The van der Waals surface area contributed by atoms with Crippen molar-refractivity contribution in [2.24, 2.45) is 0 Å². The van der Waals surface area contributed by atoms with E-state index in [9.17, 15) is 4.79 Å². The standard InChI is InChI=1S/C16H15BrN2O3/c1-10-8-11(2-4-13(10)17)18-16(20)19-12-3-5-14-15(9-12)22-7-6-21-14/h2-5,8-9H,6-7H2,1H3,(H2,18,19,20). The van der Waals surface area contributed by atoms with Crippen LogP contribution in [0, 0.1) is 6.92 Å². The summed E-state index contributed by atoms with van der Waals surface area (Å²) in [4.78, 5) is 12.0.